The van der Waals surface area contributed by atoms with Gasteiger partial charge in [0.05, 0.1) is 40.3 Å². The minimum Gasteiger partial charge on any atom is -0.455 e. The van der Waals surface area contributed by atoms with Crippen molar-refractivity contribution in [2.24, 2.45) is 0 Å². The third-order valence-corrected chi connectivity index (χ3v) is 6.61. The van der Waals surface area contributed by atoms with Gasteiger partial charge in [0.1, 0.15) is 11.2 Å². The van der Waals surface area contributed by atoms with Crippen molar-refractivity contribution in [3.8, 4) is 11.8 Å². The highest BCUT2D eigenvalue weighted by Crippen LogP contribution is 2.42. The largest absolute Gasteiger partial charge is 0.455 e. The highest BCUT2D eigenvalue weighted by molar-refractivity contribution is 6.24. The lowest BCUT2D eigenvalue weighted by atomic mass is 9.86. The van der Waals surface area contributed by atoms with Crippen molar-refractivity contribution in [3.05, 3.63) is 95.3 Å². The first kappa shape index (κ1) is 20.1. The summed E-state index contributed by atoms with van der Waals surface area (Å²) in [5, 5.41) is 14.2. The van der Waals surface area contributed by atoms with E-state index in [1.807, 2.05) is 24.3 Å². The van der Waals surface area contributed by atoms with Crippen LogP contribution < -0.4 is 0 Å². The zero-order valence-electron chi connectivity index (χ0n) is 19.2. The van der Waals surface area contributed by atoms with Crippen LogP contribution in [0.3, 0.4) is 0 Å². The summed E-state index contributed by atoms with van der Waals surface area (Å²) in [5.41, 5.74) is 6.58. The molecule has 0 N–H and O–H groups in total. The monoisotopic (exact) mass is 439 g/mol. The maximum Gasteiger partial charge on any atom is 0.188 e. The van der Waals surface area contributed by atoms with Gasteiger partial charge in [-0.25, -0.2) is 4.85 Å². The van der Waals surface area contributed by atoms with Crippen molar-refractivity contribution in [2.75, 3.05) is 0 Å². The summed E-state index contributed by atoms with van der Waals surface area (Å²) in [6.45, 7) is 14.0. The van der Waals surface area contributed by atoms with Crippen molar-refractivity contribution >= 4 is 49.4 Å². The van der Waals surface area contributed by atoms with E-state index in [-0.39, 0.29) is 5.41 Å². The Labute approximate surface area is 197 Å². The Bertz CT molecular complexity index is 1860. The highest BCUT2D eigenvalue weighted by atomic mass is 16.3. The number of para-hydroxylation sites is 1. The minimum atomic E-state index is -0.0144. The second-order valence-corrected chi connectivity index (χ2v) is 9.68. The second kappa shape index (κ2) is 6.98. The summed E-state index contributed by atoms with van der Waals surface area (Å²) >= 11 is 0. The second-order valence-electron chi connectivity index (χ2n) is 9.68. The lowest BCUT2D eigenvalue weighted by Gasteiger charge is -2.19. The van der Waals surface area contributed by atoms with E-state index < -0.39 is 0 Å². The van der Waals surface area contributed by atoms with Crippen LogP contribution in [0.5, 0.6) is 0 Å². The Morgan fingerprint density at radius 2 is 1.68 bits per heavy atom. The van der Waals surface area contributed by atoms with Crippen molar-refractivity contribution < 1.29 is 4.42 Å². The molecule has 0 saturated heterocycles. The predicted molar refractivity (Wildman–Crippen MR) is 138 cm³/mol. The van der Waals surface area contributed by atoms with E-state index >= 15 is 0 Å². The lowest BCUT2D eigenvalue weighted by Crippen LogP contribution is -2.10. The maximum absolute atomic E-state index is 9.91. The van der Waals surface area contributed by atoms with E-state index in [1.165, 1.54) is 5.56 Å². The number of nitrogens with zero attached hydrogens (tertiary/aromatic N) is 3. The van der Waals surface area contributed by atoms with Gasteiger partial charge in [0.2, 0.25) is 0 Å². The molecule has 6 rings (SSSR count). The van der Waals surface area contributed by atoms with E-state index in [4.69, 9.17) is 11.0 Å². The molecule has 0 amide bonds. The molecule has 162 valence electrons. The summed E-state index contributed by atoms with van der Waals surface area (Å²) in [5.74, 6) is 0. The first-order chi connectivity index (χ1) is 16.4. The molecule has 0 unspecified atom stereocenters. The number of rotatable bonds is 1. The van der Waals surface area contributed by atoms with Crippen LogP contribution in [0.15, 0.2) is 77.2 Å². The van der Waals surface area contributed by atoms with E-state index in [9.17, 15) is 5.26 Å². The molecule has 4 aromatic carbocycles. The molecule has 6 aromatic rings. The molecule has 2 heterocycles. The zero-order valence-corrected chi connectivity index (χ0v) is 19.2. The summed E-state index contributed by atoms with van der Waals surface area (Å²) in [6.07, 6.45) is 0. The van der Waals surface area contributed by atoms with E-state index in [2.05, 4.69) is 72.7 Å². The molecule has 4 heteroatoms. The van der Waals surface area contributed by atoms with Crippen LogP contribution in [0.1, 0.15) is 31.9 Å². The van der Waals surface area contributed by atoms with E-state index in [0.29, 0.717) is 11.3 Å². The van der Waals surface area contributed by atoms with Gasteiger partial charge in [0.25, 0.3) is 0 Å². The highest BCUT2D eigenvalue weighted by Gasteiger charge is 2.22. The van der Waals surface area contributed by atoms with Crippen LogP contribution in [-0.2, 0) is 5.41 Å². The molecule has 0 fully saturated rings. The molecule has 4 nitrogen and oxygen atoms in total. The van der Waals surface area contributed by atoms with Gasteiger partial charge in [-0.05, 0) is 53.4 Å². The molecule has 0 radical (unpaired) electrons. The van der Waals surface area contributed by atoms with Crippen LogP contribution in [-0.4, -0.2) is 4.57 Å². The van der Waals surface area contributed by atoms with Gasteiger partial charge in [-0.2, -0.15) is 5.26 Å². The van der Waals surface area contributed by atoms with Gasteiger partial charge in [-0.1, -0.05) is 51.1 Å². The SMILES string of the molecule is [C-]#[N+]c1ccc(-n2c3ccc(C(C)(C)C)cc3c3c4oc5ccccc5c4ccc32)c(C#N)c1. The average molecular weight is 440 g/mol. The first-order valence-corrected chi connectivity index (χ1v) is 11.2. The molecule has 0 aliphatic rings. The van der Waals surface area contributed by atoms with Crippen LogP contribution in [0.4, 0.5) is 5.69 Å². The Balaban J connectivity index is 1.83. The maximum atomic E-state index is 9.91. The standard InChI is InChI=1S/C30H21N3O/c1-30(2,3)19-9-12-25-23(16-19)28-26(33(25)24-13-10-20(32-4)15-18(24)17-31)14-11-22-21-7-5-6-8-27(21)34-29(22)28/h5-16H,1-3H3. The Morgan fingerprint density at radius 3 is 2.44 bits per heavy atom. The van der Waals surface area contributed by atoms with Crippen molar-refractivity contribution in [1.82, 2.24) is 4.57 Å². The summed E-state index contributed by atoms with van der Waals surface area (Å²) in [4.78, 5) is 3.50. The first-order valence-electron chi connectivity index (χ1n) is 11.2. The third kappa shape index (κ3) is 2.76. The number of benzene rings is 4. The van der Waals surface area contributed by atoms with Gasteiger partial charge in [0, 0.05) is 16.2 Å². The van der Waals surface area contributed by atoms with E-state index in [1.54, 1.807) is 12.1 Å². The van der Waals surface area contributed by atoms with Gasteiger partial charge in [-0.3, -0.25) is 0 Å². The van der Waals surface area contributed by atoms with Crippen LogP contribution in [0.25, 0.3) is 54.3 Å². The normalized spacial score (nSPS) is 11.9. The molecule has 0 spiro atoms. The zero-order chi connectivity index (χ0) is 23.6. The van der Waals surface area contributed by atoms with Gasteiger partial charge >= 0.3 is 0 Å². The number of hydrogen-bond acceptors (Lipinski definition) is 2. The molecule has 0 atom stereocenters. The number of aromatic nitrogens is 1. The quantitative estimate of drug-likeness (QED) is 0.241. The number of furan rings is 1. The Morgan fingerprint density at radius 1 is 0.882 bits per heavy atom. The summed E-state index contributed by atoms with van der Waals surface area (Å²) in [6, 6.07) is 26.4. The predicted octanol–water partition coefficient (Wildman–Crippen LogP) is 8.40. The molecule has 2 aromatic heterocycles. The molecule has 0 aliphatic carbocycles. The van der Waals surface area contributed by atoms with Crippen molar-refractivity contribution in [3.63, 3.8) is 0 Å². The van der Waals surface area contributed by atoms with Gasteiger partial charge in [-0.15, -0.1) is 0 Å². The Kier molecular flexibility index (Phi) is 4.12. The summed E-state index contributed by atoms with van der Waals surface area (Å²) < 4.78 is 8.54. The molecule has 0 bridgehead atoms. The fraction of sp³-hybridized carbons (Fsp3) is 0.133. The van der Waals surface area contributed by atoms with Crippen molar-refractivity contribution in [2.45, 2.75) is 26.2 Å². The van der Waals surface area contributed by atoms with E-state index in [0.717, 1.165) is 49.4 Å². The fourth-order valence-corrected chi connectivity index (χ4v) is 4.89. The molecule has 0 aliphatic heterocycles. The van der Waals surface area contributed by atoms with Crippen molar-refractivity contribution in [1.29, 1.82) is 5.26 Å². The van der Waals surface area contributed by atoms with Crippen LogP contribution in [0.2, 0.25) is 0 Å². The smallest absolute Gasteiger partial charge is 0.188 e. The van der Waals surface area contributed by atoms with Gasteiger partial charge < -0.3 is 8.98 Å². The number of hydrogen-bond donors (Lipinski definition) is 0. The fourth-order valence-electron chi connectivity index (χ4n) is 4.89. The average Bonchev–Trinajstić information content (AvgIpc) is 3.38. The molecular weight excluding hydrogens is 418 g/mol. The molecule has 34 heavy (non-hydrogen) atoms. The van der Waals surface area contributed by atoms with Gasteiger partial charge in [0.15, 0.2) is 5.69 Å². The lowest BCUT2D eigenvalue weighted by molar-refractivity contribution is 0.591. The Hall–Kier alpha value is -4.54. The van der Waals surface area contributed by atoms with Crippen LogP contribution in [0, 0.1) is 17.9 Å². The number of nitriles is 1. The number of fused-ring (bicyclic) bond motifs is 7. The molecule has 0 saturated carbocycles. The third-order valence-electron chi connectivity index (χ3n) is 6.61. The summed E-state index contributed by atoms with van der Waals surface area (Å²) in [7, 11) is 0. The van der Waals surface area contributed by atoms with Crippen LogP contribution >= 0.6 is 0 Å². The minimum absolute atomic E-state index is 0.0144. The topological polar surface area (TPSA) is 46.2 Å². The molecular formula is C30H21N3O.